The summed E-state index contributed by atoms with van der Waals surface area (Å²) >= 11 is 0. The van der Waals surface area contributed by atoms with E-state index < -0.39 is 0 Å². The van der Waals surface area contributed by atoms with Gasteiger partial charge in [0.15, 0.2) is 0 Å². The van der Waals surface area contributed by atoms with E-state index in [1.54, 1.807) is 0 Å². The zero-order valence-corrected chi connectivity index (χ0v) is 15.8. The Balaban J connectivity index is 1.50. The fourth-order valence-corrected chi connectivity index (χ4v) is 4.41. The van der Waals surface area contributed by atoms with Crippen molar-refractivity contribution in [1.29, 1.82) is 0 Å². The summed E-state index contributed by atoms with van der Waals surface area (Å²) in [5.74, 6) is 1.48. The SMILES string of the molecule is CC(C)CN1C(=O)CCC2CN(C(=O)CCN3CCCCO3)CCC21. The number of amides is 2. The molecule has 3 aliphatic rings. The van der Waals surface area contributed by atoms with E-state index in [0.717, 1.165) is 58.5 Å². The number of carbonyl (C=O) groups excluding carboxylic acids is 2. The van der Waals surface area contributed by atoms with Gasteiger partial charge >= 0.3 is 0 Å². The maximum atomic E-state index is 12.6. The minimum Gasteiger partial charge on any atom is -0.342 e. The lowest BCUT2D eigenvalue weighted by molar-refractivity contribution is -0.183. The Morgan fingerprint density at radius 1 is 1.24 bits per heavy atom. The number of likely N-dealkylation sites (tertiary alicyclic amines) is 2. The average Bonchev–Trinajstić information content (AvgIpc) is 2.62. The summed E-state index contributed by atoms with van der Waals surface area (Å²) in [6.07, 6.45) is 5.29. The van der Waals surface area contributed by atoms with Gasteiger partial charge in [-0.05, 0) is 37.5 Å². The van der Waals surface area contributed by atoms with Gasteiger partial charge in [0.25, 0.3) is 0 Å². The van der Waals surface area contributed by atoms with Crippen LogP contribution in [-0.2, 0) is 14.4 Å². The average molecular weight is 351 g/mol. The molecule has 2 amide bonds. The molecule has 0 radical (unpaired) electrons. The molecule has 0 bridgehead atoms. The lowest BCUT2D eigenvalue weighted by atomic mass is 9.83. The quantitative estimate of drug-likeness (QED) is 0.759. The number of carbonyl (C=O) groups is 2. The second-order valence-corrected chi connectivity index (χ2v) is 8.15. The van der Waals surface area contributed by atoms with Crippen LogP contribution in [0.2, 0.25) is 0 Å². The van der Waals surface area contributed by atoms with Gasteiger partial charge in [-0.15, -0.1) is 0 Å². The first-order valence-corrected chi connectivity index (χ1v) is 9.99. The van der Waals surface area contributed by atoms with Crippen molar-refractivity contribution in [3.05, 3.63) is 0 Å². The van der Waals surface area contributed by atoms with Crippen LogP contribution in [0.3, 0.4) is 0 Å². The minimum atomic E-state index is 0.236. The Morgan fingerprint density at radius 3 is 2.80 bits per heavy atom. The van der Waals surface area contributed by atoms with Gasteiger partial charge < -0.3 is 9.80 Å². The summed E-state index contributed by atoms with van der Waals surface area (Å²) in [6.45, 7) is 9.18. The number of rotatable bonds is 5. The Labute approximate surface area is 151 Å². The van der Waals surface area contributed by atoms with Gasteiger partial charge in [-0.3, -0.25) is 14.4 Å². The van der Waals surface area contributed by atoms with Crippen molar-refractivity contribution < 1.29 is 14.4 Å². The smallest absolute Gasteiger partial charge is 0.223 e. The molecule has 0 aromatic carbocycles. The van der Waals surface area contributed by atoms with Crippen LogP contribution < -0.4 is 0 Å². The molecule has 0 saturated carbocycles. The molecular weight excluding hydrogens is 318 g/mol. The molecule has 0 aromatic heterocycles. The van der Waals surface area contributed by atoms with E-state index in [4.69, 9.17) is 4.84 Å². The maximum Gasteiger partial charge on any atom is 0.223 e. The Hall–Kier alpha value is -1.14. The molecule has 0 spiro atoms. The topological polar surface area (TPSA) is 53.1 Å². The van der Waals surface area contributed by atoms with Crippen molar-refractivity contribution >= 4 is 11.8 Å². The number of hydrogen-bond donors (Lipinski definition) is 0. The van der Waals surface area contributed by atoms with Crippen molar-refractivity contribution in [1.82, 2.24) is 14.9 Å². The van der Waals surface area contributed by atoms with Gasteiger partial charge in [-0.1, -0.05) is 13.8 Å². The van der Waals surface area contributed by atoms with Crippen molar-refractivity contribution in [2.24, 2.45) is 11.8 Å². The van der Waals surface area contributed by atoms with Gasteiger partial charge in [0, 0.05) is 51.6 Å². The second-order valence-electron chi connectivity index (χ2n) is 8.15. The molecule has 3 fully saturated rings. The molecule has 142 valence electrons. The van der Waals surface area contributed by atoms with E-state index in [0.29, 0.717) is 43.2 Å². The minimum absolute atomic E-state index is 0.236. The molecule has 3 aliphatic heterocycles. The molecule has 0 aliphatic carbocycles. The number of hydroxylamine groups is 2. The molecule has 2 unspecified atom stereocenters. The first-order chi connectivity index (χ1) is 12.0. The molecular formula is C19H33N3O3. The molecule has 0 aromatic rings. The predicted molar refractivity (Wildman–Crippen MR) is 95.6 cm³/mol. The zero-order valence-electron chi connectivity index (χ0n) is 15.8. The van der Waals surface area contributed by atoms with E-state index in [1.165, 1.54) is 0 Å². The summed E-state index contributed by atoms with van der Waals surface area (Å²) in [5.41, 5.74) is 0. The first-order valence-electron chi connectivity index (χ1n) is 9.99. The number of fused-ring (bicyclic) bond motifs is 1. The Morgan fingerprint density at radius 2 is 2.08 bits per heavy atom. The highest BCUT2D eigenvalue weighted by molar-refractivity contribution is 5.78. The summed E-state index contributed by atoms with van der Waals surface area (Å²) in [7, 11) is 0. The van der Waals surface area contributed by atoms with Crippen LogP contribution >= 0.6 is 0 Å². The number of hydrogen-bond acceptors (Lipinski definition) is 4. The summed E-state index contributed by atoms with van der Waals surface area (Å²) in [5, 5.41) is 1.94. The van der Waals surface area contributed by atoms with E-state index in [2.05, 4.69) is 18.7 Å². The van der Waals surface area contributed by atoms with E-state index >= 15 is 0 Å². The van der Waals surface area contributed by atoms with Crippen molar-refractivity contribution in [3.8, 4) is 0 Å². The highest BCUT2D eigenvalue weighted by atomic mass is 16.7. The molecule has 6 nitrogen and oxygen atoms in total. The monoisotopic (exact) mass is 351 g/mol. The third-order valence-electron chi connectivity index (χ3n) is 5.71. The number of piperidine rings is 2. The largest absolute Gasteiger partial charge is 0.342 e. The van der Waals surface area contributed by atoms with Crippen molar-refractivity contribution in [2.75, 3.05) is 39.3 Å². The molecule has 6 heteroatoms. The second kappa shape index (κ2) is 8.49. The predicted octanol–water partition coefficient (Wildman–Crippen LogP) is 1.90. The highest BCUT2D eigenvalue weighted by Gasteiger charge is 2.40. The van der Waals surface area contributed by atoms with Crippen LogP contribution in [0.4, 0.5) is 0 Å². The molecule has 2 atom stereocenters. The van der Waals surface area contributed by atoms with E-state index in [9.17, 15) is 9.59 Å². The fraction of sp³-hybridized carbons (Fsp3) is 0.895. The maximum absolute atomic E-state index is 12.6. The number of nitrogens with zero attached hydrogens (tertiary/aromatic N) is 3. The highest BCUT2D eigenvalue weighted by Crippen LogP contribution is 2.32. The van der Waals surface area contributed by atoms with Crippen LogP contribution in [0.25, 0.3) is 0 Å². The van der Waals surface area contributed by atoms with Gasteiger partial charge in [-0.2, -0.15) is 5.06 Å². The van der Waals surface area contributed by atoms with E-state index in [-0.39, 0.29) is 5.91 Å². The van der Waals surface area contributed by atoms with Crippen molar-refractivity contribution in [2.45, 2.75) is 58.4 Å². The van der Waals surface area contributed by atoms with Crippen LogP contribution in [0.15, 0.2) is 0 Å². The first kappa shape index (κ1) is 18.6. The Kier molecular flexibility index (Phi) is 6.34. The van der Waals surface area contributed by atoms with Gasteiger partial charge in [0.1, 0.15) is 0 Å². The van der Waals surface area contributed by atoms with Gasteiger partial charge in [-0.25, -0.2) is 0 Å². The van der Waals surface area contributed by atoms with Gasteiger partial charge in [0.2, 0.25) is 11.8 Å². The normalized spacial score (nSPS) is 28.4. The fourth-order valence-electron chi connectivity index (χ4n) is 4.41. The molecule has 3 saturated heterocycles. The lowest BCUT2D eigenvalue weighted by Crippen LogP contribution is -2.57. The third kappa shape index (κ3) is 4.73. The zero-order chi connectivity index (χ0) is 17.8. The van der Waals surface area contributed by atoms with Crippen molar-refractivity contribution in [3.63, 3.8) is 0 Å². The van der Waals surface area contributed by atoms with E-state index in [1.807, 2.05) is 9.96 Å². The Bertz CT molecular complexity index is 477. The summed E-state index contributed by atoms with van der Waals surface area (Å²) in [4.78, 5) is 34.6. The van der Waals surface area contributed by atoms with Crippen LogP contribution in [-0.4, -0.2) is 72.0 Å². The van der Waals surface area contributed by atoms with Crippen LogP contribution in [0.1, 0.15) is 52.4 Å². The summed E-state index contributed by atoms with van der Waals surface area (Å²) in [6, 6.07) is 0.332. The molecule has 25 heavy (non-hydrogen) atoms. The standard InChI is InChI=1S/C19H33N3O3/c1-15(2)13-22-17-7-10-20(14-16(17)5-6-19(22)24)18(23)8-11-21-9-3-4-12-25-21/h15-17H,3-14H2,1-2H3. The lowest BCUT2D eigenvalue weighted by Gasteiger charge is -2.47. The molecule has 3 heterocycles. The van der Waals surface area contributed by atoms with Crippen LogP contribution in [0, 0.1) is 11.8 Å². The van der Waals surface area contributed by atoms with Crippen LogP contribution in [0.5, 0.6) is 0 Å². The molecule has 3 rings (SSSR count). The third-order valence-corrected chi connectivity index (χ3v) is 5.71. The van der Waals surface area contributed by atoms with Gasteiger partial charge in [0.05, 0.1) is 6.61 Å². The summed E-state index contributed by atoms with van der Waals surface area (Å²) < 4.78 is 0. The molecule has 0 N–H and O–H groups in total.